The third-order valence-electron chi connectivity index (χ3n) is 3.47. The van der Waals surface area contributed by atoms with E-state index in [1.807, 2.05) is 0 Å². The molecule has 0 aliphatic carbocycles. The molecule has 0 aliphatic heterocycles. The highest BCUT2D eigenvalue weighted by Gasteiger charge is 2.40. The molecule has 0 rings (SSSR count). The molecule has 0 aliphatic rings. The number of amides is 1. The van der Waals surface area contributed by atoms with E-state index >= 15 is 0 Å². The fraction of sp³-hybridized carbons (Fsp3) is 0.733. The zero-order valence-electron chi connectivity index (χ0n) is 13.7. The topological polar surface area (TPSA) is 121 Å². The van der Waals surface area contributed by atoms with Crippen molar-refractivity contribution in [1.82, 2.24) is 5.32 Å². The highest BCUT2D eigenvalue weighted by Crippen LogP contribution is 2.34. The largest absolute Gasteiger partial charge is 0.481 e. The summed E-state index contributed by atoms with van der Waals surface area (Å²) in [6.45, 7) is 7.50. The Balaban J connectivity index is 4.94. The van der Waals surface area contributed by atoms with E-state index in [9.17, 15) is 19.2 Å². The van der Waals surface area contributed by atoms with Crippen molar-refractivity contribution in [2.45, 2.75) is 59.9 Å². The SMILES string of the molecule is CC(=O)CC[C@H](NC(=O)C(C)(C)CC(C)(C)C(=O)O)C(=O)O. The fourth-order valence-corrected chi connectivity index (χ4v) is 2.22. The van der Waals surface area contributed by atoms with Crippen LogP contribution in [0.5, 0.6) is 0 Å². The van der Waals surface area contributed by atoms with Gasteiger partial charge in [-0.15, -0.1) is 0 Å². The van der Waals surface area contributed by atoms with E-state index in [-0.39, 0.29) is 25.0 Å². The molecule has 7 heteroatoms. The van der Waals surface area contributed by atoms with Gasteiger partial charge in [0, 0.05) is 11.8 Å². The van der Waals surface area contributed by atoms with E-state index in [1.54, 1.807) is 13.8 Å². The summed E-state index contributed by atoms with van der Waals surface area (Å²) in [7, 11) is 0. The van der Waals surface area contributed by atoms with Crippen molar-refractivity contribution in [1.29, 1.82) is 0 Å². The van der Waals surface area contributed by atoms with E-state index in [4.69, 9.17) is 10.2 Å². The summed E-state index contributed by atoms with van der Waals surface area (Å²) in [5.74, 6) is -2.95. The van der Waals surface area contributed by atoms with Gasteiger partial charge in [-0.2, -0.15) is 0 Å². The summed E-state index contributed by atoms with van der Waals surface area (Å²) < 4.78 is 0. The minimum atomic E-state index is -1.22. The van der Waals surface area contributed by atoms with E-state index < -0.39 is 34.7 Å². The second kappa shape index (κ2) is 7.38. The molecule has 0 saturated heterocycles. The minimum Gasteiger partial charge on any atom is -0.481 e. The van der Waals surface area contributed by atoms with E-state index in [0.29, 0.717) is 0 Å². The van der Waals surface area contributed by atoms with Crippen LogP contribution < -0.4 is 5.32 Å². The Morgan fingerprint density at radius 2 is 1.50 bits per heavy atom. The number of carboxylic acid groups (broad SMARTS) is 2. The first-order chi connectivity index (χ1) is 9.79. The number of hydrogen-bond acceptors (Lipinski definition) is 4. The molecule has 0 spiro atoms. The summed E-state index contributed by atoms with van der Waals surface area (Å²) in [4.78, 5) is 45.5. The lowest BCUT2D eigenvalue weighted by Crippen LogP contribution is -2.48. The average molecular weight is 315 g/mol. The standard InChI is InChI=1S/C15H25NO6/c1-9(17)6-7-10(11(18)19)16-12(20)14(2,3)8-15(4,5)13(21)22/h10H,6-8H2,1-5H3,(H,16,20)(H,18,19)(H,21,22)/t10-/m0/s1. The van der Waals surface area contributed by atoms with Gasteiger partial charge in [-0.25, -0.2) is 4.79 Å². The number of Topliss-reactive ketones (excluding diaryl/α,β-unsaturated/α-hetero) is 1. The maximum atomic E-state index is 12.3. The maximum Gasteiger partial charge on any atom is 0.326 e. The third kappa shape index (κ3) is 6.24. The molecule has 22 heavy (non-hydrogen) atoms. The first kappa shape index (κ1) is 20.1. The molecule has 7 nitrogen and oxygen atoms in total. The number of ketones is 1. The minimum absolute atomic E-state index is 0.00874. The predicted octanol–water partition coefficient (Wildman–Crippen LogP) is 1.45. The Bertz CT molecular complexity index is 467. The van der Waals surface area contributed by atoms with Gasteiger partial charge >= 0.3 is 11.9 Å². The molecule has 126 valence electrons. The van der Waals surface area contributed by atoms with Gasteiger partial charge in [0.1, 0.15) is 11.8 Å². The molecule has 0 saturated carbocycles. The van der Waals surface area contributed by atoms with Crippen molar-refractivity contribution in [2.75, 3.05) is 0 Å². The van der Waals surface area contributed by atoms with Crippen LogP contribution in [0.3, 0.4) is 0 Å². The number of rotatable bonds is 9. The third-order valence-corrected chi connectivity index (χ3v) is 3.47. The predicted molar refractivity (Wildman–Crippen MR) is 79.3 cm³/mol. The molecule has 0 aromatic carbocycles. The van der Waals surface area contributed by atoms with Crippen molar-refractivity contribution in [3.8, 4) is 0 Å². The lowest BCUT2D eigenvalue weighted by molar-refractivity contribution is -0.151. The molecule has 0 radical (unpaired) electrons. The van der Waals surface area contributed by atoms with Crippen LogP contribution in [0.4, 0.5) is 0 Å². The van der Waals surface area contributed by atoms with Crippen LogP contribution in [-0.4, -0.2) is 39.9 Å². The molecule has 0 unspecified atom stereocenters. The van der Waals surface area contributed by atoms with Crippen molar-refractivity contribution in [3.05, 3.63) is 0 Å². The molecule has 1 amide bonds. The van der Waals surface area contributed by atoms with Crippen LogP contribution in [0.25, 0.3) is 0 Å². The first-order valence-corrected chi connectivity index (χ1v) is 7.06. The molecule has 0 aromatic heterocycles. The smallest absolute Gasteiger partial charge is 0.326 e. The van der Waals surface area contributed by atoms with Gasteiger partial charge < -0.3 is 20.3 Å². The van der Waals surface area contributed by atoms with Gasteiger partial charge in [0.15, 0.2) is 0 Å². The molecule has 0 bridgehead atoms. The van der Waals surface area contributed by atoms with Crippen LogP contribution in [-0.2, 0) is 19.2 Å². The lowest BCUT2D eigenvalue weighted by Gasteiger charge is -2.32. The number of aliphatic carboxylic acids is 2. The van der Waals surface area contributed by atoms with Crippen molar-refractivity contribution >= 4 is 23.6 Å². The summed E-state index contributed by atoms with van der Waals surface area (Å²) >= 11 is 0. The molecule has 1 atom stereocenters. The van der Waals surface area contributed by atoms with Crippen molar-refractivity contribution in [2.24, 2.45) is 10.8 Å². The fourth-order valence-electron chi connectivity index (χ4n) is 2.22. The zero-order valence-corrected chi connectivity index (χ0v) is 13.7. The molecular formula is C15H25NO6. The Hall–Kier alpha value is -1.92. The number of carbonyl (C=O) groups excluding carboxylic acids is 2. The molecular weight excluding hydrogens is 290 g/mol. The van der Waals surface area contributed by atoms with Crippen molar-refractivity contribution < 1.29 is 29.4 Å². The van der Waals surface area contributed by atoms with Crippen LogP contribution >= 0.6 is 0 Å². The summed E-state index contributed by atoms with van der Waals surface area (Å²) in [5, 5.41) is 20.6. The molecule has 0 heterocycles. The normalized spacial score (nSPS) is 13.3. The van der Waals surface area contributed by atoms with Crippen molar-refractivity contribution in [3.63, 3.8) is 0 Å². The lowest BCUT2D eigenvalue weighted by atomic mass is 9.74. The number of hydrogen-bond donors (Lipinski definition) is 3. The van der Waals surface area contributed by atoms with Gasteiger partial charge in [0.2, 0.25) is 5.91 Å². The number of carboxylic acids is 2. The molecule has 3 N–H and O–H groups in total. The molecule has 0 aromatic rings. The van der Waals surface area contributed by atoms with Crippen LogP contribution in [0.15, 0.2) is 0 Å². The monoisotopic (exact) mass is 315 g/mol. The van der Waals surface area contributed by atoms with Gasteiger partial charge in [0.25, 0.3) is 0 Å². The van der Waals surface area contributed by atoms with Crippen LogP contribution in [0.2, 0.25) is 0 Å². The number of carbonyl (C=O) groups is 4. The highest BCUT2D eigenvalue weighted by molar-refractivity contribution is 5.88. The average Bonchev–Trinajstić information content (AvgIpc) is 2.31. The first-order valence-electron chi connectivity index (χ1n) is 7.06. The van der Waals surface area contributed by atoms with E-state index in [1.165, 1.54) is 20.8 Å². The van der Waals surface area contributed by atoms with Gasteiger partial charge in [-0.3, -0.25) is 9.59 Å². The Morgan fingerprint density at radius 1 is 1.00 bits per heavy atom. The van der Waals surface area contributed by atoms with Gasteiger partial charge in [0.05, 0.1) is 5.41 Å². The molecule has 0 fully saturated rings. The summed E-state index contributed by atoms with van der Waals surface area (Å²) in [6, 6.07) is -1.16. The maximum absolute atomic E-state index is 12.3. The van der Waals surface area contributed by atoms with E-state index in [0.717, 1.165) is 0 Å². The summed E-state index contributed by atoms with van der Waals surface area (Å²) in [5.41, 5.74) is -2.16. The van der Waals surface area contributed by atoms with Gasteiger partial charge in [-0.05, 0) is 33.6 Å². The Kier molecular flexibility index (Phi) is 6.73. The Morgan fingerprint density at radius 3 is 1.86 bits per heavy atom. The highest BCUT2D eigenvalue weighted by atomic mass is 16.4. The second-order valence-corrected chi connectivity index (χ2v) is 6.85. The van der Waals surface area contributed by atoms with Crippen LogP contribution in [0, 0.1) is 10.8 Å². The van der Waals surface area contributed by atoms with Crippen LogP contribution in [0.1, 0.15) is 53.9 Å². The zero-order chi connectivity index (χ0) is 17.7. The quantitative estimate of drug-likeness (QED) is 0.592. The van der Waals surface area contributed by atoms with Gasteiger partial charge in [-0.1, -0.05) is 13.8 Å². The second-order valence-electron chi connectivity index (χ2n) is 6.85. The Labute approximate surface area is 130 Å². The van der Waals surface area contributed by atoms with E-state index in [2.05, 4.69) is 5.32 Å². The summed E-state index contributed by atoms with van der Waals surface area (Å²) in [6.07, 6.45) is 0.118. The number of nitrogens with one attached hydrogen (secondary N) is 1.